The normalized spacial score (nSPS) is 18.3. The molecule has 0 radical (unpaired) electrons. The Labute approximate surface area is 223 Å². The van der Waals surface area contributed by atoms with Crippen molar-refractivity contribution in [3.63, 3.8) is 0 Å². The molecule has 9 nitrogen and oxygen atoms in total. The highest BCUT2D eigenvalue weighted by atomic mass is 16.5. The number of ether oxygens (including phenoxy) is 3. The number of anilines is 2. The summed E-state index contributed by atoms with van der Waals surface area (Å²) in [6.45, 7) is 13.2. The third kappa shape index (κ3) is 6.46. The maximum absolute atomic E-state index is 13.0. The molecule has 2 amide bonds. The van der Waals surface area contributed by atoms with Gasteiger partial charge in [-0.25, -0.2) is 9.59 Å². The summed E-state index contributed by atoms with van der Waals surface area (Å²) in [4.78, 5) is 27.6. The predicted molar refractivity (Wildman–Crippen MR) is 147 cm³/mol. The second kappa shape index (κ2) is 11.4. The summed E-state index contributed by atoms with van der Waals surface area (Å²) in [5.74, 6) is 0.591. The zero-order valence-electron chi connectivity index (χ0n) is 22.9. The van der Waals surface area contributed by atoms with Gasteiger partial charge in [0.1, 0.15) is 18.1 Å². The van der Waals surface area contributed by atoms with Crippen molar-refractivity contribution in [1.29, 1.82) is 0 Å². The molecule has 3 aromatic rings. The van der Waals surface area contributed by atoms with Crippen molar-refractivity contribution in [2.75, 3.05) is 44.0 Å². The Bertz CT molecular complexity index is 1290. The number of carbonyl (C=O) groups is 2. The largest absolute Gasteiger partial charge is 0.492 e. The standard InChI is InChI=1S/C29H37N3O6/c1-18-16-32(17-19(2)37-18)13-14-36-24-12-11-22(20-9-7-8-10-21(20)24)30-28(34)31-23-15-25(29(3,4)5)38-26(23)27(33)35-6/h7-12,15,18-19H,13-14,16-17H2,1-6H3,(H2,30,31,34)/t18-,19-/m0/s1. The number of hydrogen-bond acceptors (Lipinski definition) is 7. The van der Waals surface area contributed by atoms with Gasteiger partial charge >= 0.3 is 12.0 Å². The van der Waals surface area contributed by atoms with Crippen LogP contribution in [0.1, 0.15) is 50.9 Å². The third-order valence-electron chi connectivity index (χ3n) is 6.38. The summed E-state index contributed by atoms with van der Waals surface area (Å²) in [6, 6.07) is 12.6. The molecule has 38 heavy (non-hydrogen) atoms. The van der Waals surface area contributed by atoms with Gasteiger partial charge in [-0.3, -0.25) is 4.90 Å². The Morgan fingerprint density at radius 1 is 1.00 bits per heavy atom. The van der Waals surface area contributed by atoms with Gasteiger partial charge in [-0.15, -0.1) is 0 Å². The van der Waals surface area contributed by atoms with E-state index in [1.54, 1.807) is 6.07 Å². The molecule has 0 saturated carbocycles. The molecule has 1 fully saturated rings. The Morgan fingerprint density at radius 3 is 2.32 bits per heavy atom. The fraction of sp³-hybridized carbons (Fsp3) is 0.448. The molecule has 1 saturated heterocycles. The lowest BCUT2D eigenvalue weighted by molar-refractivity contribution is -0.0699. The molecule has 0 aliphatic carbocycles. The summed E-state index contributed by atoms with van der Waals surface area (Å²) in [7, 11) is 1.27. The molecular weight excluding hydrogens is 486 g/mol. The van der Waals surface area contributed by atoms with Gasteiger partial charge in [0.05, 0.1) is 30.7 Å². The number of urea groups is 1. The van der Waals surface area contributed by atoms with Gasteiger partial charge in [0.15, 0.2) is 0 Å². The van der Waals surface area contributed by atoms with E-state index in [-0.39, 0.29) is 29.1 Å². The van der Waals surface area contributed by atoms with Crippen molar-refractivity contribution in [2.24, 2.45) is 0 Å². The lowest BCUT2D eigenvalue weighted by Crippen LogP contribution is -2.46. The van der Waals surface area contributed by atoms with Crippen LogP contribution < -0.4 is 15.4 Å². The average molecular weight is 524 g/mol. The molecule has 2 heterocycles. The minimum Gasteiger partial charge on any atom is -0.492 e. The molecule has 2 N–H and O–H groups in total. The van der Waals surface area contributed by atoms with Crippen LogP contribution in [0.15, 0.2) is 46.9 Å². The van der Waals surface area contributed by atoms with E-state index in [0.29, 0.717) is 18.1 Å². The number of morpholine rings is 1. The number of carbonyl (C=O) groups excluding carboxylic acids is 2. The second-order valence-corrected chi connectivity index (χ2v) is 10.7. The number of methoxy groups -OCH3 is 1. The highest BCUT2D eigenvalue weighted by molar-refractivity contribution is 6.09. The van der Waals surface area contributed by atoms with Gasteiger partial charge in [0.25, 0.3) is 0 Å². The molecule has 2 aromatic carbocycles. The fourth-order valence-electron chi connectivity index (χ4n) is 4.63. The Hall–Kier alpha value is -3.56. The second-order valence-electron chi connectivity index (χ2n) is 10.7. The first-order valence-electron chi connectivity index (χ1n) is 12.9. The minimum absolute atomic E-state index is 0.0507. The van der Waals surface area contributed by atoms with E-state index in [4.69, 9.17) is 18.6 Å². The molecule has 0 unspecified atom stereocenters. The van der Waals surface area contributed by atoms with Crippen molar-refractivity contribution in [3.05, 3.63) is 54.0 Å². The van der Waals surface area contributed by atoms with E-state index in [2.05, 4.69) is 29.4 Å². The zero-order chi connectivity index (χ0) is 27.4. The quantitative estimate of drug-likeness (QED) is 0.386. The van der Waals surface area contributed by atoms with Gasteiger partial charge in [-0.2, -0.15) is 0 Å². The third-order valence-corrected chi connectivity index (χ3v) is 6.38. The van der Waals surface area contributed by atoms with E-state index in [9.17, 15) is 9.59 Å². The summed E-state index contributed by atoms with van der Waals surface area (Å²) in [5, 5.41) is 7.35. The highest BCUT2D eigenvalue weighted by Gasteiger charge is 2.27. The van der Waals surface area contributed by atoms with Crippen LogP contribution in [0.2, 0.25) is 0 Å². The lowest BCUT2D eigenvalue weighted by atomic mass is 9.93. The van der Waals surface area contributed by atoms with Crippen molar-refractivity contribution < 1.29 is 28.2 Å². The van der Waals surface area contributed by atoms with E-state index >= 15 is 0 Å². The van der Waals surface area contributed by atoms with Crippen LogP contribution in [0, 0.1) is 0 Å². The summed E-state index contributed by atoms with van der Waals surface area (Å²) >= 11 is 0. The molecule has 4 rings (SSSR count). The van der Waals surface area contributed by atoms with E-state index < -0.39 is 12.0 Å². The van der Waals surface area contributed by atoms with Crippen LogP contribution in [0.3, 0.4) is 0 Å². The van der Waals surface area contributed by atoms with Crippen LogP contribution in [0.5, 0.6) is 5.75 Å². The first-order valence-corrected chi connectivity index (χ1v) is 12.9. The minimum atomic E-state index is -0.663. The first kappa shape index (κ1) is 27.5. The molecule has 9 heteroatoms. The van der Waals surface area contributed by atoms with Crippen LogP contribution in [-0.4, -0.2) is 62.5 Å². The number of amides is 2. The van der Waals surface area contributed by atoms with E-state index in [1.165, 1.54) is 7.11 Å². The number of hydrogen-bond donors (Lipinski definition) is 2. The van der Waals surface area contributed by atoms with Gasteiger partial charge in [-0.05, 0) is 26.0 Å². The molecule has 0 bridgehead atoms. The van der Waals surface area contributed by atoms with Crippen LogP contribution in [0.4, 0.5) is 16.2 Å². The number of benzene rings is 2. The van der Waals surface area contributed by atoms with Crippen molar-refractivity contribution in [3.8, 4) is 5.75 Å². The average Bonchev–Trinajstić information content (AvgIpc) is 3.28. The van der Waals surface area contributed by atoms with Crippen molar-refractivity contribution in [2.45, 2.75) is 52.2 Å². The zero-order valence-corrected chi connectivity index (χ0v) is 22.9. The molecule has 1 aliphatic rings. The maximum Gasteiger partial charge on any atom is 0.376 e. The molecule has 2 atom stereocenters. The topological polar surface area (TPSA) is 102 Å². The molecule has 204 valence electrons. The number of rotatable bonds is 7. The summed E-state index contributed by atoms with van der Waals surface area (Å²) in [5.41, 5.74) is 0.499. The Kier molecular flexibility index (Phi) is 8.28. The van der Waals surface area contributed by atoms with Gasteiger partial charge in [-0.1, -0.05) is 45.0 Å². The smallest absolute Gasteiger partial charge is 0.376 e. The number of fused-ring (bicyclic) bond motifs is 1. The molecule has 1 aliphatic heterocycles. The fourth-order valence-corrected chi connectivity index (χ4v) is 4.63. The van der Waals surface area contributed by atoms with Gasteiger partial charge in [0.2, 0.25) is 5.76 Å². The first-order chi connectivity index (χ1) is 18.0. The predicted octanol–water partition coefficient (Wildman–Crippen LogP) is 5.65. The number of furan rings is 1. The van der Waals surface area contributed by atoms with Gasteiger partial charge < -0.3 is 29.3 Å². The Balaban J connectivity index is 1.47. The van der Waals surface area contributed by atoms with Crippen LogP contribution >= 0.6 is 0 Å². The van der Waals surface area contributed by atoms with Crippen molar-refractivity contribution in [1.82, 2.24) is 4.90 Å². The van der Waals surface area contributed by atoms with Crippen molar-refractivity contribution >= 4 is 34.1 Å². The van der Waals surface area contributed by atoms with Crippen LogP contribution in [-0.2, 0) is 14.9 Å². The van der Waals surface area contributed by atoms with E-state index in [1.807, 2.05) is 57.2 Å². The maximum atomic E-state index is 13.0. The molecule has 1 aromatic heterocycles. The number of esters is 1. The number of nitrogens with zero attached hydrogens (tertiary/aromatic N) is 1. The summed E-state index contributed by atoms with van der Waals surface area (Å²) in [6.07, 6.45) is 0.420. The SMILES string of the molecule is COC(=O)c1oc(C(C)(C)C)cc1NC(=O)Nc1ccc(OCCN2C[C@H](C)O[C@@H](C)C2)c2ccccc12. The van der Waals surface area contributed by atoms with Crippen LogP contribution in [0.25, 0.3) is 10.8 Å². The summed E-state index contributed by atoms with van der Waals surface area (Å²) < 4.78 is 22.5. The monoisotopic (exact) mass is 523 g/mol. The number of nitrogens with one attached hydrogen (secondary N) is 2. The molecule has 0 spiro atoms. The molecular formula is C29H37N3O6. The van der Waals surface area contributed by atoms with E-state index in [0.717, 1.165) is 36.2 Å². The lowest BCUT2D eigenvalue weighted by Gasteiger charge is -2.35. The van der Waals surface area contributed by atoms with Gasteiger partial charge in [0, 0.05) is 41.9 Å². The Morgan fingerprint density at radius 2 is 1.66 bits per heavy atom. The highest BCUT2D eigenvalue weighted by Crippen LogP contribution is 2.33.